The fraction of sp³-hybridized carbons (Fsp3) is 0.353. The van der Waals surface area contributed by atoms with Crippen molar-refractivity contribution in [1.82, 2.24) is 14.4 Å². The second-order valence-corrected chi connectivity index (χ2v) is 5.50. The molecule has 1 N–H and O–H groups in total. The second-order valence-electron chi connectivity index (χ2n) is 5.50. The average molecular weight is 299 g/mol. The number of amides is 1. The van der Waals surface area contributed by atoms with E-state index in [-0.39, 0.29) is 12.5 Å². The third-order valence-corrected chi connectivity index (χ3v) is 4.07. The molecular weight excluding hydrogens is 278 g/mol. The van der Waals surface area contributed by atoms with Crippen LogP contribution in [-0.2, 0) is 0 Å². The molecule has 2 heterocycles. The van der Waals surface area contributed by atoms with E-state index in [1.54, 1.807) is 0 Å². The minimum absolute atomic E-state index is 0.0812. The van der Waals surface area contributed by atoms with Gasteiger partial charge in [0.2, 0.25) is 0 Å². The lowest BCUT2D eigenvalue weighted by Crippen LogP contribution is -2.49. The summed E-state index contributed by atoms with van der Waals surface area (Å²) in [6.07, 6.45) is 3.94. The molecule has 22 heavy (non-hydrogen) atoms. The monoisotopic (exact) mass is 299 g/mol. The Morgan fingerprint density at radius 2 is 1.77 bits per heavy atom. The largest absolute Gasteiger partial charge is 0.395 e. The fourth-order valence-corrected chi connectivity index (χ4v) is 2.80. The van der Waals surface area contributed by atoms with Gasteiger partial charge in [0.15, 0.2) is 0 Å². The van der Waals surface area contributed by atoms with Gasteiger partial charge in [-0.2, -0.15) is 0 Å². The van der Waals surface area contributed by atoms with Crippen molar-refractivity contribution in [2.24, 2.45) is 0 Å². The number of carbonyl (C=O) groups is 1. The third kappa shape index (κ3) is 3.21. The highest BCUT2D eigenvalue weighted by Crippen LogP contribution is 2.14. The molecule has 116 valence electrons. The van der Waals surface area contributed by atoms with Gasteiger partial charge in [-0.05, 0) is 30.3 Å². The molecule has 0 saturated carbocycles. The predicted molar refractivity (Wildman–Crippen MR) is 85.2 cm³/mol. The Hall–Kier alpha value is -2.11. The lowest BCUT2D eigenvalue weighted by Gasteiger charge is -2.34. The first-order valence-corrected chi connectivity index (χ1v) is 7.64. The van der Waals surface area contributed by atoms with Crippen LogP contribution in [0.4, 0.5) is 0 Å². The van der Waals surface area contributed by atoms with Crippen LogP contribution >= 0.6 is 0 Å². The summed E-state index contributed by atoms with van der Waals surface area (Å²) in [6.45, 7) is 3.93. The molecular formula is C17H21N3O2. The van der Waals surface area contributed by atoms with Gasteiger partial charge < -0.3 is 14.6 Å². The maximum absolute atomic E-state index is 12.6. The molecule has 1 aromatic carbocycles. The average Bonchev–Trinajstić information content (AvgIpc) is 3.10. The minimum atomic E-state index is 0.0812. The van der Waals surface area contributed by atoms with Crippen LogP contribution in [0.1, 0.15) is 10.4 Å². The van der Waals surface area contributed by atoms with Gasteiger partial charge in [-0.1, -0.05) is 6.07 Å². The summed E-state index contributed by atoms with van der Waals surface area (Å²) < 4.78 is 2.00. The smallest absolute Gasteiger partial charge is 0.254 e. The number of benzene rings is 1. The van der Waals surface area contributed by atoms with Gasteiger partial charge in [-0.15, -0.1) is 0 Å². The Kier molecular flexibility index (Phi) is 4.56. The number of piperazine rings is 1. The Labute approximate surface area is 130 Å². The van der Waals surface area contributed by atoms with E-state index >= 15 is 0 Å². The van der Waals surface area contributed by atoms with E-state index < -0.39 is 0 Å². The molecule has 1 aromatic heterocycles. The number of aliphatic hydroxyl groups is 1. The van der Waals surface area contributed by atoms with Gasteiger partial charge in [-0.3, -0.25) is 9.69 Å². The van der Waals surface area contributed by atoms with E-state index in [4.69, 9.17) is 5.11 Å². The summed E-state index contributed by atoms with van der Waals surface area (Å²) in [4.78, 5) is 16.7. The van der Waals surface area contributed by atoms with E-state index in [9.17, 15) is 4.79 Å². The SMILES string of the molecule is O=C(c1cccc(-n2cccc2)c1)N1CCN(CCO)CC1. The highest BCUT2D eigenvalue weighted by molar-refractivity contribution is 5.94. The number of hydrogen-bond acceptors (Lipinski definition) is 3. The maximum Gasteiger partial charge on any atom is 0.254 e. The van der Waals surface area contributed by atoms with Crippen LogP contribution in [0, 0.1) is 0 Å². The van der Waals surface area contributed by atoms with Crippen LogP contribution in [0.25, 0.3) is 5.69 Å². The van der Waals surface area contributed by atoms with Crippen LogP contribution < -0.4 is 0 Å². The molecule has 0 atom stereocenters. The zero-order valence-corrected chi connectivity index (χ0v) is 12.6. The summed E-state index contributed by atoms with van der Waals surface area (Å²) >= 11 is 0. The van der Waals surface area contributed by atoms with Crippen molar-refractivity contribution in [3.05, 3.63) is 54.4 Å². The molecule has 1 aliphatic rings. The van der Waals surface area contributed by atoms with E-state index in [0.717, 1.165) is 24.3 Å². The molecule has 1 saturated heterocycles. The third-order valence-electron chi connectivity index (χ3n) is 4.07. The summed E-state index contributed by atoms with van der Waals surface area (Å²) in [7, 11) is 0. The first kappa shape index (κ1) is 14.8. The second kappa shape index (κ2) is 6.77. The molecule has 5 nitrogen and oxygen atoms in total. The molecule has 0 radical (unpaired) electrons. The van der Waals surface area contributed by atoms with Crippen LogP contribution in [0.5, 0.6) is 0 Å². The van der Waals surface area contributed by atoms with Crippen molar-refractivity contribution in [3.8, 4) is 5.69 Å². The number of carbonyl (C=O) groups excluding carboxylic acids is 1. The van der Waals surface area contributed by atoms with Crippen molar-refractivity contribution in [3.63, 3.8) is 0 Å². The molecule has 2 aromatic rings. The Balaban J connectivity index is 1.69. The van der Waals surface area contributed by atoms with Crippen LogP contribution in [-0.4, -0.2) is 64.7 Å². The quantitative estimate of drug-likeness (QED) is 0.924. The number of rotatable bonds is 4. The van der Waals surface area contributed by atoms with Crippen LogP contribution in [0.15, 0.2) is 48.8 Å². The topological polar surface area (TPSA) is 48.7 Å². The molecule has 0 spiro atoms. The highest BCUT2D eigenvalue weighted by atomic mass is 16.3. The molecule has 0 unspecified atom stereocenters. The number of aromatic nitrogens is 1. The number of β-amino-alcohol motifs (C(OH)–C–C–N with tert-alkyl or cyclic N) is 1. The van der Waals surface area contributed by atoms with Gasteiger partial charge in [0, 0.05) is 56.4 Å². The maximum atomic E-state index is 12.6. The lowest BCUT2D eigenvalue weighted by molar-refractivity contribution is 0.0615. The predicted octanol–water partition coefficient (Wildman–Crippen LogP) is 1.23. The van der Waals surface area contributed by atoms with E-state index in [2.05, 4.69) is 4.90 Å². The van der Waals surface area contributed by atoms with Crippen LogP contribution in [0.3, 0.4) is 0 Å². The molecule has 3 rings (SSSR count). The first-order chi connectivity index (χ1) is 10.8. The highest BCUT2D eigenvalue weighted by Gasteiger charge is 2.21. The zero-order valence-electron chi connectivity index (χ0n) is 12.6. The van der Waals surface area contributed by atoms with Crippen molar-refractivity contribution in [1.29, 1.82) is 0 Å². The molecule has 5 heteroatoms. The summed E-state index contributed by atoms with van der Waals surface area (Å²) in [6, 6.07) is 11.7. The van der Waals surface area contributed by atoms with E-state index in [1.807, 2.05) is 58.3 Å². The first-order valence-electron chi connectivity index (χ1n) is 7.64. The van der Waals surface area contributed by atoms with Gasteiger partial charge in [-0.25, -0.2) is 0 Å². The molecule has 1 aliphatic heterocycles. The minimum Gasteiger partial charge on any atom is -0.395 e. The summed E-state index contributed by atoms with van der Waals surface area (Å²) in [5, 5.41) is 8.97. The number of hydrogen-bond donors (Lipinski definition) is 1. The lowest BCUT2D eigenvalue weighted by atomic mass is 10.1. The Morgan fingerprint density at radius 3 is 2.45 bits per heavy atom. The van der Waals surface area contributed by atoms with E-state index in [0.29, 0.717) is 19.6 Å². The summed E-state index contributed by atoms with van der Waals surface area (Å²) in [5.74, 6) is 0.0812. The number of aliphatic hydroxyl groups excluding tert-OH is 1. The van der Waals surface area contributed by atoms with Gasteiger partial charge >= 0.3 is 0 Å². The Bertz CT molecular complexity index is 617. The van der Waals surface area contributed by atoms with Crippen LogP contribution in [0.2, 0.25) is 0 Å². The standard InChI is InChI=1S/C17H21N3O2/c21-13-12-18-8-10-20(11-9-18)17(22)15-4-3-5-16(14-15)19-6-1-2-7-19/h1-7,14,21H,8-13H2. The van der Waals surface area contributed by atoms with Crippen molar-refractivity contribution in [2.75, 3.05) is 39.3 Å². The fourth-order valence-electron chi connectivity index (χ4n) is 2.80. The van der Waals surface area contributed by atoms with Gasteiger partial charge in [0.1, 0.15) is 0 Å². The van der Waals surface area contributed by atoms with Crippen molar-refractivity contribution in [2.45, 2.75) is 0 Å². The van der Waals surface area contributed by atoms with E-state index in [1.165, 1.54) is 0 Å². The van der Waals surface area contributed by atoms with Crippen molar-refractivity contribution < 1.29 is 9.90 Å². The zero-order chi connectivity index (χ0) is 15.4. The summed E-state index contributed by atoms with van der Waals surface area (Å²) in [5.41, 5.74) is 1.72. The number of nitrogens with zero attached hydrogens (tertiary/aromatic N) is 3. The normalized spacial score (nSPS) is 16.0. The molecule has 0 bridgehead atoms. The molecule has 1 amide bonds. The molecule has 1 fully saturated rings. The molecule has 0 aliphatic carbocycles. The van der Waals surface area contributed by atoms with Gasteiger partial charge in [0.05, 0.1) is 6.61 Å². The van der Waals surface area contributed by atoms with Crippen molar-refractivity contribution >= 4 is 5.91 Å². The van der Waals surface area contributed by atoms with Gasteiger partial charge in [0.25, 0.3) is 5.91 Å². The Morgan fingerprint density at radius 1 is 1.05 bits per heavy atom.